The van der Waals surface area contributed by atoms with Crippen molar-refractivity contribution in [1.82, 2.24) is 0 Å². The number of carbonyl (C=O) groups is 1. The Labute approximate surface area is 150 Å². The van der Waals surface area contributed by atoms with Crippen LogP contribution in [0.15, 0.2) is 66.9 Å². The van der Waals surface area contributed by atoms with Crippen LogP contribution in [0.1, 0.15) is 30.9 Å². The van der Waals surface area contributed by atoms with Gasteiger partial charge in [0.15, 0.2) is 5.78 Å². The van der Waals surface area contributed by atoms with E-state index >= 15 is 0 Å². The van der Waals surface area contributed by atoms with Gasteiger partial charge < -0.3 is 9.64 Å². The van der Waals surface area contributed by atoms with Crippen molar-refractivity contribution in [3.63, 3.8) is 0 Å². The van der Waals surface area contributed by atoms with Gasteiger partial charge in [-0.15, -0.1) is 0 Å². The number of hydrogen-bond donors (Lipinski definition) is 0. The molecule has 0 saturated heterocycles. The molecule has 3 nitrogen and oxygen atoms in total. The van der Waals surface area contributed by atoms with Crippen LogP contribution in [0.2, 0.25) is 0 Å². The topological polar surface area (TPSA) is 29.5 Å². The number of unbranched alkanes of at least 4 members (excludes halogenated alkanes) is 1. The van der Waals surface area contributed by atoms with Crippen molar-refractivity contribution < 1.29 is 9.53 Å². The maximum atomic E-state index is 11.9. The van der Waals surface area contributed by atoms with Crippen molar-refractivity contribution >= 4 is 11.5 Å². The molecule has 0 fully saturated rings. The molecule has 132 valence electrons. The van der Waals surface area contributed by atoms with Gasteiger partial charge in [-0.25, -0.2) is 0 Å². The molecule has 0 radical (unpaired) electrons. The van der Waals surface area contributed by atoms with Crippen LogP contribution in [0.3, 0.4) is 0 Å². The summed E-state index contributed by atoms with van der Waals surface area (Å²) in [7, 11) is 1.94. The van der Waals surface area contributed by atoms with Crippen molar-refractivity contribution in [1.29, 1.82) is 0 Å². The summed E-state index contributed by atoms with van der Waals surface area (Å²) in [6, 6.07) is 18.3. The minimum absolute atomic E-state index is 0.0395. The molecule has 0 aliphatic rings. The summed E-state index contributed by atoms with van der Waals surface area (Å²) in [5.74, 6) is -0.0395. The molecule has 0 amide bonds. The van der Waals surface area contributed by atoms with Crippen LogP contribution in [0, 0.1) is 0 Å². The summed E-state index contributed by atoms with van der Waals surface area (Å²) in [4.78, 5) is 13.8. The third-order valence-electron chi connectivity index (χ3n) is 4.00. The van der Waals surface area contributed by atoms with E-state index in [2.05, 4.69) is 31.2 Å². The zero-order chi connectivity index (χ0) is 17.9. The molecule has 0 bridgehead atoms. The minimum atomic E-state index is -0.0395. The molecule has 0 saturated carbocycles. The molecule has 2 rings (SSSR count). The Bertz CT molecular complexity index is 662. The van der Waals surface area contributed by atoms with E-state index < -0.39 is 0 Å². The third kappa shape index (κ3) is 6.94. The summed E-state index contributed by atoms with van der Waals surface area (Å²) in [5.41, 5.74) is 3.49. The number of hydrogen-bond acceptors (Lipinski definition) is 3. The van der Waals surface area contributed by atoms with Gasteiger partial charge in [0.25, 0.3) is 0 Å². The van der Waals surface area contributed by atoms with E-state index in [1.807, 2.05) is 42.3 Å². The summed E-state index contributed by atoms with van der Waals surface area (Å²) >= 11 is 0. The highest BCUT2D eigenvalue weighted by Crippen LogP contribution is 2.15. The van der Waals surface area contributed by atoms with Gasteiger partial charge in [0.2, 0.25) is 0 Å². The smallest absolute Gasteiger partial charge is 0.182 e. The van der Waals surface area contributed by atoms with Gasteiger partial charge in [0.05, 0.1) is 6.61 Å². The fourth-order valence-corrected chi connectivity index (χ4v) is 2.45. The molecule has 0 N–H and O–H groups in total. The van der Waals surface area contributed by atoms with Gasteiger partial charge in [-0.05, 0) is 42.2 Å². The van der Waals surface area contributed by atoms with E-state index in [1.54, 1.807) is 12.3 Å². The predicted molar refractivity (Wildman–Crippen MR) is 104 cm³/mol. The monoisotopic (exact) mass is 337 g/mol. The second kappa shape index (κ2) is 10.5. The number of ether oxygens (including phenoxy) is 1. The first-order valence-corrected chi connectivity index (χ1v) is 8.83. The normalized spacial score (nSPS) is 11.0. The average Bonchev–Trinajstić information content (AvgIpc) is 2.65. The van der Waals surface area contributed by atoms with Crippen molar-refractivity contribution in [2.45, 2.75) is 32.8 Å². The summed E-state index contributed by atoms with van der Waals surface area (Å²) < 4.78 is 5.45. The Hall–Kier alpha value is -2.39. The molecule has 0 aromatic heterocycles. The fraction of sp³-hybridized carbons (Fsp3) is 0.318. The zero-order valence-electron chi connectivity index (χ0n) is 15.2. The standard InChI is InChI=1S/C22H27NO2/c1-3-4-8-19-11-13-21(14-12-19)23(2)16-15-22(24)18-25-17-20-9-6-5-7-10-20/h5-7,9-16H,3-4,8,17-18H2,1-2H3. The average molecular weight is 337 g/mol. The quantitative estimate of drug-likeness (QED) is 0.585. The van der Waals surface area contributed by atoms with E-state index in [0.717, 1.165) is 17.7 Å². The summed E-state index contributed by atoms with van der Waals surface area (Å²) in [6.45, 7) is 2.75. The first-order valence-electron chi connectivity index (χ1n) is 8.83. The fourth-order valence-electron chi connectivity index (χ4n) is 2.45. The molecule has 0 spiro atoms. The number of anilines is 1. The number of carbonyl (C=O) groups excluding carboxylic acids is 1. The van der Waals surface area contributed by atoms with E-state index in [9.17, 15) is 4.79 Å². The van der Waals surface area contributed by atoms with E-state index in [1.165, 1.54) is 18.4 Å². The Balaban J connectivity index is 1.76. The highest BCUT2D eigenvalue weighted by Gasteiger charge is 2.01. The largest absolute Gasteiger partial charge is 0.369 e. The molecule has 0 atom stereocenters. The first-order chi connectivity index (χ1) is 12.2. The van der Waals surface area contributed by atoms with Crippen molar-refractivity contribution in [2.24, 2.45) is 0 Å². The van der Waals surface area contributed by atoms with Crippen molar-refractivity contribution in [3.05, 3.63) is 78.0 Å². The zero-order valence-corrected chi connectivity index (χ0v) is 15.2. The molecule has 0 unspecified atom stereocenters. The highest BCUT2D eigenvalue weighted by atomic mass is 16.5. The lowest BCUT2D eigenvalue weighted by Crippen LogP contribution is -2.11. The molecule has 0 heterocycles. The van der Waals surface area contributed by atoms with Crippen LogP contribution in [0.5, 0.6) is 0 Å². The maximum Gasteiger partial charge on any atom is 0.182 e. The van der Waals surface area contributed by atoms with Crippen molar-refractivity contribution in [2.75, 3.05) is 18.6 Å². The summed E-state index contributed by atoms with van der Waals surface area (Å²) in [5, 5.41) is 0. The van der Waals surface area contributed by atoms with Crippen LogP contribution in [0.25, 0.3) is 0 Å². The van der Waals surface area contributed by atoms with Crippen LogP contribution in [-0.4, -0.2) is 19.4 Å². The van der Waals surface area contributed by atoms with Crippen LogP contribution in [0.4, 0.5) is 5.69 Å². The van der Waals surface area contributed by atoms with Gasteiger partial charge >= 0.3 is 0 Å². The Morgan fingerprint density at radius 2 is 1.76 bits per heavy atom. The van der Waals surface area contributed by atoms with Crippen LogP contribution in [-0.2, 0) is 22.6 Å². The third-order valence-corrected chi connectivity index (χ3v) is 4.00. The Morgan fingerprint density at radius 3 is 2.44 bits per heavy atom. The predicted octanol–water partition coefficient (Wildman–Crippen LogP) is 4.77. The molecule has 3 heteroatoms. The Kier molecular flexibility index (Phi) is 7.93. The van der Waals surface area contributed by atoms with E-state index in [0.29, 0.717) is 6.61 Å². The van der Waals surface area contributed by atoms with Crippen molar-refractivity contribution in [3.8, 4) is 0 Å². The highest BCUT2D eigenvalue weighted by molar-refractivity contribution is 5.91. The lowest BCUT2D eigenvalue weighted by atomic mass is 10.1. The molecule has 0 aliphatic heterocycles. The lowest BCUT2D eigenvalue weighted by Gasteiger charge is -2.14. The number of nitrogens with zero attached hydrogens (tertiary/aromatic N) is 1. The number of benzene rings is 2. The number of aryl methyl sites for hydroxylation is 1. The molecular weight excluding hydrogens is 310 g/mol. The molecule has 25 heavy (non-hydrogen) atoms. The van der Waals surface area contributed by atoms with Gasteiger partial charge in [-0.3, -0.25) is 4.79 Å². The van der Waals surface area contributed by atoms with Gasteiger partial charge in [-0.2, -0.15) is 0 Å². The number of rotatable bonds is 10. The van der Waals surface area contributed by atoms with Crippen LogP contribution < -0.4 is 4.90 Å². The summed E-state index contributed by atoms with van der Waals surface area (Å²) in [6.07, 6.45) is 6.89. The molecule has 0 aliphatic carbocycles. The number of ketones is 1. The first kappa shape index (κ1) is 18.9. The molecular formula is C22H27NO2. The van der Waals surface area contributed by atoms with E-state index in [4.69, 9.17) is 4.74 Å². The lowest BCUT2D eigenvalue weighted by molar-refractivity contribution is -0.119. The van der Waals surface area contributed by atoms with Gasteiger partial charge in [0, 0.05) is 18.9 Å². The minimum Gasteiger partial charge on any atom is -0.369 e. The second-order valence-electron chi connectivity index (χ2n) is 6.14. The van der Waals surface area contributed by atoms with Gasteiger partial charge in [-0.1, -0.05) is 55.8 Å². The second-order valence-corrected chi connectivity index (χ2v) is 6.14. The molecule has 2 aromatic carbocycles. The van der Waals surface area contributed by atoms with Crippen LogP contribution >= 0.6 is 0 Å². The van der Waals surface area contributed by atoms with E-state index in [-0.39, 0.29) is 12.4 Å². The maximum absolute atomic E-state index is 11.9. The van der Waals surface area contributed by atoms with Gasteiger partial charge in [0.1, 0.15) is 6.61 Å². The SMILES string of the molecule is CCCCc1ccc(N(C)C=CC(=O)COCc2ccccc2)cc1. The Morgan fingerprint density at radius 1 is 1.04 bits per heavy atom. The molecule has 2 aromatic rings.